The molecular formula is C29H32ClN2O4-. The zero-order valence-corrected chi connectivity index (χ0v) is 21.5. The topological polar surface area (TPSA) is 70.1 Å². The second-order valence-corrected chi connectivity index (χ2v) is 9.96. The third-order valence-electron chi connectivity index (χ3n) is 7.11. The van der Waals surface area contributed by atoms with E-state index in [1.165, 1.54) is 4.90 Å². The van der Waals surface area contributed by atoms with E-state index in [0.29, 0.717) is 24.2 Å². The van der Waals surface area contributed by atoms with Crippen molar-refractivity contribution >= 4 is 22.6 Å². The number of hydrogen-bond acceptors (Lipinski definition) is 5. The minimum absolute atomic E-state index is 0. The molecule has 1 unspecified atom stereocenters. The summed E-state index contributed by atoms with van der Waals surface area (Å²) in [4.78, 5) is 30.0. The van der Waals surface area contributed by atoms with Crippen molar-refractivity contribution < 1.29 is 31.8 Å². The number of ether oxygens (including phenoxy) is 1. The van der Waals surface area contributed by atoms with Gasteiger partial charge in [0.05, 0.1) is 0 Å². The number of likely N-dealkylation sites (tertiary alicyclic amines) is 1. The molecule has 0 aromatic heterocycles. The van der Waals surface area contributed by atoms with Crippen LogP contribution in [0.25, 0.3) is 10.8 Å². The highest BCUT2D eigenvalue weighted by Crippen LogP contribution is 2.31. The molecule has 2 amide bonds. The highest BCUT2D eigenvalue weighted by Gasteiger charge is 2.34. The van der Waals surface area contributed by atoms with E-state index in [1.807, 2.05) is 62.4 Å². The van der Waals surface area contributed by atoms with E-state index in [0.717, 1.165) is 53.6 Å². The highest BCUT2D eigenvalue weighted by atomic mass is 35.5. The van der Waals surface area contributed by atoms with Crippen LogP contribution < -0.4 is 17.1 Å². The molecule has 1 atom stereocenters. The Kier molecular flexibility index (Phi) is 7.98. The maximum atomic E-state index is 13.2. The summed E-state index contributed by atoms with van der Waals surface area (Å²) in [7, 11) is 0. The predicted octanol–water partition coefficient (Wildman–Crippen LogP) is 1.21. The van der Waals surface area contributed by atoms with Crippen LogP contribution in [0.3, 0.4) is 0 Å². The lowest BCUT2D eigenvalue weighted by atomic mass is 9.91. The van der Waals surface area contributed by atoms with Gasteiger partial charge in [-0.1, -0.05) is 30.3 Å². The van der Waals surface area contributed by atoms with Crippen molar-refractivity contribution in [2.45, 2.75) is 32.8 Å². The molecule has 2 aliphatic heterocycles. The van der Waals surface area contributed by atoms with Crippen LogP contribution in [0.2, 0.25) is 0 Å². The highest BCUT2D eigenvalue weighted by molar-refractivity contribution is 6.25. The second-order valence-electron chi connectivity index (χ2n) is 9.96. The molecule has 0 radical (unpaired) electrons. The molecule has 7 heteroatoms. The predicted molar refractivity (Wildman–Crippen MR) is 136 cm³/mol. The zero-order valence-electron chi connectivity index (χ0n) is 20.7. The zero-order chi connectivity index (χ0) is 24.5. The fourth-order valence-electron chi connectivity index (χ4n) is 5.42. The number of hydrogen-bond donors (Lipinski definition) is 1. The number of nitrogens with zero attached hydrogens (tertiary/aromatic N) is 2. The van der Waals surface area contributed by atoms with E-state index in [2.05, 4.69) is 11.0 Å². The van der Waals surface area contributed by atoms with E-state index < -0.39 is 6.10 Å². The lowest BCUT2D eigenvalue weighted by Crippen LogP contribution is -3.00. The number of β-amino-alcohol motifs (C(OH)–C–C–N with tert-alkyl or cyclic N) is 1. The third kappa shape index (κ3) is 5.41. The number of halogens is 1. The van der Waals surface area contributed by atoms with E-state index in [4.69, 9.17) is 4.74 Å². The Morgan fingerprint density at radius 2 is 1.53 bits per heavy atom. The molecule has 36 heavy (non-hydrogen) atoms. The van der Waals surface area contributed by atoms with Crippen LogP contribution in [0.15, 0.2) is 54.6 Å². The average Bonchev–Trinajstić information content (AvgIpc) is 2.84. The molecule has 1 saturated heterocycles. The maximum Gasteiger partial charge on any atom is 0.261 e. The van der Waals surface area contributed by atoms with Crippen molar-refractivity contribution in [1.82, 2.24) is 9.80 Å². The number of carbonyl (C=O) groups is 2. The van der Waals surface area contributed by atoms with Gasteiger partial charge in [-0.2, -0.15) is 0 Å². The molecular weight excluding hydrogens is 476 g/mol. The Hall–Kier alpha value is -2.93. The van der Waals surface area contributed by atoms with E-state index in [1.54, 1.807) is 0 Å². The van der Waals surface area contributed by atoms with Crippen molar-refractivity contribution in [3.05, 3.63) is 76.9 Å². The van der Waals surface area contributed by atoms with Crippen LogP contribution in [0.4, 0.5) is 0 Å². The van der Waals surface area contributed by atoms with Gasteiger partial charge >= 0.3 is 0 Å². The smallest absolute Gasteiger partial charge is 0.261 e. The number of aryl methyl sites for hydroxylation is 2. The minimum Gasteiger partial charge on any atom is -1.00 e. The molecule has 3 aromatic carbocycles. The number of piperidine rings is 1. The molecule has 190 valence electrons. The fourth-order valence-corrected chi connectivity index (χ4v) is 5.42. The SMILES string of the molecule is Cc1cc(C)cc(OCC(O)CN2CCC(CN3C(=O)c4cccc5cccc(c45)C3=O)CC2)c1.[Cl-]. The second kappa shape index (κ2) is 11.0. The van der Waals surface area contributed by atoms with E-state index in [9.17, 15) is 14.7 Å². The van der Waals surface area contributed by atoms with Crippen LogP contribution in [0.1, 0.15) is 44.7 Å². The first-order chi connectivity index (χ1) is 16.9. The molecule has 0 saturated carbocycles. The summed E-state index contributed by atoms with van der Waals surface area (Å²) in [5.74, 6) is 0.655. The van der Waals surface area contributed by atoms with Crippen molar-refractivity contribution in [3.8, 4) is 5.75 Å². The number of carbonyl (C=O) groups excluding carboxylic acids is 2. The largest absolute Gasteiger partial charge is 1.00 e. The first-order valence-corrected chi connectivity index (χ1v) is 12.4. The maximum absolute atomic E-state index is 13.2. The summed E-state index contributed by atoms with van der Waals surface area (Å²) in [6.07, 6.45) is 1.19. The standard InChI is InChI=1S/C29H32N2O4.ClH/c1-19-13-20(2)15-24(14-19)35-18-23(32)17-30-11-9-21(10-12-30)16-31-28(33)25-7-3-5-22-6-4-8-26(27(22)25)29(31)34;/h3-8,13-15,21,23,32H,9-12,16-18H2,1-2H3;1H/p-1. The summed E-state index contributed by atoms with van der Waals surface area (Å²) in [5.41, 5.74) is 3.51. The van der Waals surface area contributed by atoms with Gasteiger partial charge in [-0.05, 0) is 86.5 Å². The van der Waals surface area contributed by atoms with Crippen molar-refractivity contribution in [2.75, 3.05) is 32.8 Å². The molecule has 0 aliphatic carbocycles. The lowest BCUT2D eigenvalue weighted by Gasteiger charge is -2.36. The Morgan fingerprint density at radius 1 is 0.944 bits per heavy atom. The van der Waals surface area contributed by atoms with Gasteiger partial charge in [-0.15, -0.1) is 0 Å². The van der Waals surface area contributed by atoms with Crippen LogP contribution in [0.5, 0.6) is 5.75 Å². The Bertz CT molecular complexity index is 1200. The van der Waals surface area contributed by atoms with Crippen molar-refractivity contribution in [1.29, 1.82) is 0 Å². The molecule has 1 N–H and O–H groups in total. The Morgan fingerprint density at radius 3 is 2.11 bits per heavy atom. The minimum atomic E-state index is -0.574. The number of aliphatic hydroxyl groups is 1. The van der Waals surface area contributed by atoms with Crippen LogP contribution >= 0.6 is 0 Å². The third-order valence-corrected chi connectivity index (χ3v) is 7.11. The van der Waals surface area contributed by atoms with Crippen molar-refractivity contribution in [3.63, 3.8) is 0 Å². The molecule has 2 aliphatic rings. The van der Waals surface area contributed by atoms with Crippen molar-refractivity contribution in [2.24, 2.45) is 5.92 Å². The normalized spacial score (nSPS) is 17.2. The molecule has 5 rings (SSSR count). The fraction of sp³-hybridized carbons (Fsp3) is 0.379. The number of benzene rings is 3. The number of amides is 2. The van der Waals surface area contributed by atoms with Gasteiger partial charge in [-0.3, -0.25) is 14.5 Å². The Labute approximate surface area is 218 Å². The van der Waals surface area contributed by atoms with Crippen LogP contribution in [-0.4, -0.2) is 65.6 Å². The van der Waals surface area contributed by atoms with Gasteiger partial charge in [0.15, 0.2) is 0 Å². The van der Waals surface area contributed by atoms with Gasteiger partial charge in [0, 0.05) is 29.6 Å². The van der Waals surface area contributed by atoms with Gasteiger partial charge in [0.2, 0.25) is 0 Å². The van der Waals surface area contributed by atoms with Gasteiger partial charge in [0.25, 0.3) is 11.8 Å². The molecule has 0 bridgehead atoms. The summed E-state index contributed by atoms with van der Waals surface area (Å²) >= 11 is 0. The molecule has 1 fully saturated rings. The van der Waals surface area contributed by atoms with Crippen LogP contribution in [0, 0.1) is 19.8 Å². The quantitative estimate of drug-likeness (QED) is 0.487. The Balaban J connectivity index is 0.00000304. The molecule has 6 nitrogen and oxygen atoms in total. The monoisotopic (exact) mass is 507 g/mol. The molecule has 0 spiro atoms. The summed E-state index contributed by atoms with van der Waals surface area (Å²) < 4.78 is 5.81. The summed E-state index contributed by atoms with van der Waals surface area (Å²) in [6.45, 7) is 6.96. The van der Waals surface area contributed by atoms with Gasteiger partial charge < -0.3 is 27.2 Å². The van der Waals surface area contributed by atoms with E-state index >= 15 is 0 Å². The molecule has 3 aromatic rings. The summed E-state index contributed by atoms with van der Waals surface area (Å²) in [6, 6.07) is 17.3. The average molecular weight is 508 g/mol. The van der Waals surface area contributed by atoms with E-state index in [-0.39, 0.29) is 36.7 Å². The first-order valence-electron chi connectivity index (χ1n) is 12.4. The van der Waals surface area contributed by atoms with Gasteiger partial charge in [0.1, 0.15) is 18.5 Å². The first kappa shape index (κ1) is 26.1. The number of imide groups is 1. The van der Waals surface area contributed by atoms with Gasteiger partial charge in [-0.25, -0.2) is 0 Å². The number of rotatable bonds is 7. The lowest BCUT2D eigenvalue weighted by molar-refractivity contribution is -0.0000366. The summed E-state index contributed by atoms with van der Waals surface area (Å²) in [5, 5.41) is 12.2. The number of aliphatic hydroxyl groups excluding tert-OH is 1. The van der Waals surface area contributed by atoms with Crippen LogP contribution in [-0.2, 0) is 0 Å². The molecule has 2 heterocycles.